The topological polar surface area (TPSA) is 119 Å². The molecule has 2 amide bonds. The summed E-state index contributed by atoms with van der Waals surface area (Å²) in [6.45, 7) is 1.68. The zero-order valence-corrected chi connectivity index (χ0v) is 19.2. The van der Waals surface area contributed by atoms with Crippen LogP contribution in [0.5, 0.6) is 0 Å². The molecule has 0 radical (unpaired) electrons. The Morgan fingerprint density at radius 2 is 2.06 bits per heavy atom. The van der Waals surface area contributed by atoms with Gasteiger partial charge in [-0.3, -0.25) is 14.4 Å². The van der Waals surface area contributed by atoms with Gasteiger partial charge in [0.05, 0.1) is 34.7 Å². The molecule has 1 atom stereocenters. The van der Waals surface area contributed by atoms with E-state index in [1.54, 1.807) is 25.2 Å². The third kappa shape index (κ3) is 5.77. The van der Waals surface area contributed by atoms with E-state index >= 15 is 0 Å². The molecule has 0 aliphatic heterocycles. The molecular formula is C24H20ClN3O4S. The van der Waals surface area contributed by atoms with Crippen LogP contribution in [0.3, 0.4) is 0 Å². The molecule has 1 unspecified atom stereocenters. The Bertz CT molecular complexity index is 1280. The lowest BCUT2D eigenvalue weighted by Crippen LogP contribution is -2.33. The molecule has 9 heteroatoms. The van der Waals surface area contributed by atoms with Crippen LogP contribution in [0.15, 0.2) is 71.6 Å². The first-order chi connectivity index (χ1) is 15.8. The fourth-order valence-corrected chi connectivity index (χ4v) is 4.58. The number of amides is 2. The maximum Gasteiger partial charge on any atom is 0.310 e. The number of hydrogen-bond donors (Lipinski definition) is 3. The van der Waals surface area contributed by atoms with Crippen LogP contribution in [0.2, 0.25) is 5.02 Å². The van der Waals surface area contributed by atoms with Gasteiger partial charge >= 0.3 is 5.97 Å². The summed E-state index contributed by atoms with van der Waals surface area (Å²) < 4.78 is 0.840. The average molecular weight is 482 g/mol. The number of carboxylic acids is 1. The number of aliphatic carboxylic acids is 1. The number of carbonyl (C=O) groups excluding carboxylic acids is 2. The number of hydrogen-bond acceptors (Lipinski definition) is 5. The molecule has 1 heterocycles. The van der Waals surface area contributed by atoms with Crippen LogP contribution in [-0.4, -0.2) is 22.9 Å². The number of thiophene rings is 1. The highest BCUT2D eigenvalue weighted by Gasteiger charge is 2.27. The van der Waals surface area contributed by atoms with E-state index in [4.69, 9.17) is 16.9 Å². The molecule has 0 saturated carbocycles. The number of nitriles is 1. The van der Waals surface area contributed by atoms with E-state index in [1.165, 1.54) is 23.5 Å². The molecule has 0 fully saturated rings. The minimum Gasteiger partial charge on any atom is -0.481 e. The summed E-state index contributed by atoms with van der Waals surface area (Å²) in [4.78, 5) is 37.6. The Morgan fingerprint density at radius 1 is 1.30 bits per heavy atom. The summed E-state index contributed by atoms with van der Waals surface area (Å²) in [5.74, 6) is -2.95. The van der Waals surface area contributed by atoms with Gasteiger partial charge in [0.25, 0.3) is 11.8 Å². The van der Waals surface area contributed by atoms with Crippen molar-refractivity contribution >= 4 is 50.8 Å². The smallest absolute Gasteiger partial charge is 0.310 e. The standard InChI is InChI=1S/C24H20ClN3O4S/c1-14(7-3-2-6-12-26)27-22(29)16-11-10-15(24(31)32)13-18(16)28-23(30)21-20(25)17-8-4-5-9-19(17)33-21/h2-5,7-9,11,13,15H,6,10H2,1H3,(H,27,29)(H,28,30)(H,31,32). The second kappa shape index (κ2) is 10.8. The number of rotatable bonds is 7. The highest BCUT2D eigenvalue weighted by Crippen LogP contribution is 2.35. The molecule has 0 saturated heterocycles. The maximum atomic E-state index is 13.0. The van der Waals surface area contributed by atoms with Crippen molar-refractivity contribution in [3.05, 3.63) is 81.5 Å². The molecule has 33 heavy (non-hydrogen) atoms. The van der Waals surface area contributed by atoms with Crippen LogP contribution < -0.4 is 10.6 Å². The molecule has 1 aliphatic rings. The summed E-state index contributed by atoms with van der Waals surface area (Å²) in [5, 5.41) is 24.4. The molecule has 2 aromatic rings. The van der Waals surface area contributed by atoms with Crippen molar-refractivity contribution in [1.82, 2.24) is 10.6 Å². The first-order valence-corrected chi connectivity index (χ1v) is 11.2. The van der Waals surface area contributed by atoms with Gasteiger partial charge in [-0.2, -0.15) is 5.26 Å². The molecule has 0 bridgehead atoms. The molecule has 0 spiro atoms. The second-order valence-corrected chi connectivity index (χ2v) is 8.60. The van der Waals surface area contributed by atoms with E-state index in [2.05, 4.69) is 10.6 Å². The SMILES string of the molecule is CC(=CC=CCC#N)NC(=O)C1=CCC(C(=O)O)C=C1NC(=O)c1sc2ccccc2c1Cl. The van der Waals surface area contributed by atoms with Crippen molar-refractivity contribution in [2.45, 2.75) is 19.8 Å². The maximum absolute atomic E-state index is 13.0. The average Bonchev–Trinajstić information content (AvgIpc) is 3.13. The molecular weight excluding hydrogens is 462 g/mol. The second-order valence-electron chi connectivity index (χ2n) is 7.17. The van der Waals surface area contributed by atoms with Crippen LogP contribution in [0.1, 0.15) is 29.4 Å². The lowest BCUT2D eigenvalue weighted by atomic mass is 9.93. The van der Waals surface area contributed by atoms with Gasteiger partial charge in [0.1, 0.15) is 4.88 Å². The van der Waals surface area contributed by atoms with E-state index < -0.39 is 23.7 Å². The van der Waals surface area contributed by atoms with E-state index in [1.807, 2.05) is 30.3 Å². The Balaban J connectivity index is 1.84. The number of allylic oxidation sites excluding steroid dienone is 5. The Morgan fingerprint density at radius 3 is 2.76 bits per heavy atom. The monoisotopic (exact) mass is 481 g/mol. The number of fused-ring (bicyclic) bond motifs is 1. The fourth-order valence-electron chi connectivity index (χ4n) is 3.17. The van der Waals surface area contributed by atoms with Crippen molar-refractivity contribution in [2.75, 3.05) is 0 Å². The number of carboxylic acid groups (broad SMARTS) is 1. The molecule has 168 valence electrons. The van der Waals surface area contributed by atoms with Crippen molar-refractivity contribution < 1.29 is 19.5 Å². The van der Waals surface area contributed by atoms with Crippen LogP contribution in [-0.2, 0) is 9.59 Å². The Hall–Kier alpha value is -3.67. The predicted octanol–water partition coefficient (Wildman–Crippen LogP) is 4.69. The molecule has 1 aliphatic carbocycles. The lowest BCUT2D eigenvalue weighted by molar-refractivity contribution is -0.140. The van der Waals surface area contributed by atoms with Crippen molar-refractivity contribution in [2.24, 2.45) is 5.92 Å². The largest absolute Gasteiger partial charge is 0.481 e. The predicted molar refractivity (Wildman–Crippen MR) is 127 cm³/mol. The summed E-state index contributed by atoms with van der Waals surface area (Å²) >= 11 is 7.61. The highest BCUT2D eigenvalue weighted by atomic mass is 35.5. The molecule has 3 N–H and O–H groups in total. The van der Waals surface area contributed by atoms with Crippen LogP contribution in [0, 0.1) is 17.2 Å². The van der Waals surface area contributed by atoms with Gasteiger partial charge in [0, 0.05) is 15.8 Å². The minimum absolute atomic E-state index is 0.109. The summed E-state index contributed by atoms with van der Waals surface area (Å²) in [5.41, 5.74) is 0.790. The first kappa shape index (κ1) is 24.0. The zero-order chi connectivity index (χ0) is 24.0. The van der Waals surface area contributed by atoms with E-state index in [0.717, 1.165) is 10.1 Å². The lowest BCUT2D eigenvalue weighted by Gasteiger charge is -2.20. The van der Waals surface area contributed by atoms with E-state index in [-0.39, 0.29) is 29.0 Å². The fraction of sp³-hybridized carbons (Fsp3) is 0.167. The van der Waals surface area contributed by atoms with Crippen molar-refractivity contribution in [1.29, 1.82) is 5.26 Å². The van der Waals surface area contributed by atoms with Crippen LogP contribution in [0.25, 0.3) is 10.1 Å². The van der Waals surface area contributed by atoms with Crippen molar-refractivity contribution in [3.8, 4) is 6.07 Å². The molecule has 7 nitrogen and oxygen atoms in total. The van der Waals surface area contributed by atoms with Gasteiger partial charge < -0.3 is 15.7 Å². The third-order valence-electron chi connectivity index (χ3n) is 4.79. The van der Waals surface area contributed by atoms with Gasteiger partial charge in [-0.1, -0.05) is 48.0 Å². The third-order valence-corrected chi connectivity index (χ3v) is 6.46. The minimum atomic E-state index is -1.06. The van der Waals surface area contributed by atoms with Gasteiger partial charge in [0.2, 0.25) is 0 Å². The van der Waals surface area contributed by atoms with Gasteiger partial charge in [-0.15, -0.1) is 11.3 Å². The quantitative estimate of drug-likeness (QED) is 0.495. The Kier molecular flexibility index (Phi) is 7.83. The molecule has 1 aromatic carbocycles. The zero-order valence-electron chi connectivity index (χ0n) is 17.6. The molecule has 1 aromatic heterocycles. The summed E-state index contributed by atoms with van der Waals surface area (Å²) in [6.07, 6.45) is 8.16. The van der Waals surface area contributed by atoms with Gasteiger partial charge in [-0.05, 0) is 31.6 Å². The highest BCUT2D eigenvalue weighted by molar-refractivity contribution is 7.21. The number of carbonyl (C=O) groups is 3. The van der Waals surface area contributed by atoms with E-state index in [0.29, 0.717) is 10.7 Å². The molecule has 3 rings (SSSR count). The van der Waals surface area contributed by atoms with Crippen LogP contribution in [0.4, 0.5) is 0 Å². The number of nitrogens with zero attached hydrogens (tertiary/aromatic N) is 1. The summed E-state index contributed by atoms with van der Waals surface area (Å²) in [7, 11) is 0. The Labute approximate surface area is 199 Å². The van der Waals surface area contributed by atoms with Gasteiger partial charge in [-0.25, -0.2) is 0 Å². The number of benzene rings is 1. The van der Waals surface area contributed by atoms with Gasteiger partial charge in [0.15, 0.2) is 0 Å². The van der Waals surface area contributed by atoms with Crippen molar-refractivity contribution in [3.63, 3.8) is 0 Å². The van der Waals surface area contributed by atoms with Crippen LogP contribution >= 0.6 is 22.9 Å². The van der Waals surface area contributed by atoms with E-state index in [9.17, 15) is 19.5 Å². The summed E-state index contributed by atoms with van der Waals surface area (Å²) in [6, 6.07) is 9.30. The normalized spacial score (nSPS) is 16.2. The first-order valence-electron chi connectivity index (χ1n) is 9.97. The number of nitrogens with one attached hydrogen (secondary N) is 2. The number of halogens is 1.